The number of halogens is 3. The molecular formula is C10H9Br2ClO2. The molecule has 1 aromatic rings. The molecule has 0 bridgehead atoms. The number of hydrogen-bond donors (Lipinski definition) is 0. The first-order valence-electron chi connectivity index (χ1n) is 4.20. The van der Waals surface area contributed by atoms with Gasteiger partial charge in [-0.2, -0.15) is 0 Å². The topological polar surface area (TPSA) is 26.3 Å². The van der Waals surface area contributed by atoms with Gasteiger partial charge < -0.3 is 4.74 Å². The largest absolute Gasteiger partial charge is 0.468 e. The molecule has 2 nitrogen and oxygen atoms in total. The van der Waals surface area contributed by atoms with Crippen molar-refractivity contribution in [3.05, 3.63) is 33.3 Å². The summed E-state index contributed by atoms with van der Waals surface area (Å²) in [6.07, 6.45) is 0.536. The van der Waals surface area contributed by atoms with Crippen molar-refractivity contribution in [2.45, 2.75) is 11.2 Å². The molecule has 0 saturated heterocycles. The predicted molar refractivity (Wildman–Crippen MR) is 67.6 cm³/mol. The van der Waals surface area contributed by atoms with Gasteiger partial charge in [0, 0.05) is 9.50 Å². The van der Waals surface area contributed by atoms with Crippen molar-refractivity contribution in [2.24, 2.45) is 0 Å². The van der Waals surface area contributed by atoms with Crippen LogP contribution in [0.5, 0.6) is 0 Å². The van der Waals surface area contributed by atoms with Crippen molar-refractivity contribution < 1.29 is 9.53 Å². The summed E-state index contributed by atoms with van der Waals surface area (Å²) in [5.74, 6) is -0.290. The molecule has 1 rings (SSSR count). The summed E-state index contributed by atoms with van der Waals surface area (Å²) in [6.45, 7) is 0. The number of rotatable bonds is 3. The third kappa shape index (κ3) is 3.78. The average Bonchev–Trinajstić information content (AvgIpc) is 2.22. The van der Waals surface area contributed by atoms with Crippen LogP contribution in [0.4, 0.5) is 0 Å². The number of ether oxygens (including phenoxy) is 1. The molecule has 0 aromatic heterocycles. The van der Waals surface area contributed by atoms with Gasteiger partial charge in [-0.15, -0.1) is 0 Å². The molecule has 0 fully saturated rings. The van der Waals surface area contributed by atoms with E-state index in [9.17, 15) is 4.79 Å². The molecule has 0 aliphatic carbocycles. The molecule has 82 valence electrons. The molecular weight excluding hydrogens is 347 g/mol. The van der Waals surface area contributed by atoms with Gasteiger partial charge in [-0.25, -0.2) is 0 Å². The third-order valence-electron chi connectivity index (χ3n) is 1.86. The first kappa shape index (κ1) is 13.0. The van der Waals surface area contributed by atoms with E-state index in [0.29, 0.717) is 11.4 Å². The average molecular weight is 356 g/mol. The van der Waals surface area contributed by atoms with Crippen molar-refractivity contribution >= 4 is 49.4 Å². The lowest BCUT2D eigenvalue weighted by molar-refractivity contribution is -0.139. The minimum atomic E-state index is -0.350. The Morgan fingerprint density at radius 2 is 2.27 bits per heavy atom. The van der Waals surface area contributed by atoms with E-state index in [1.807, 2.05) is 12.1 Å². The zero-order valence-corrected chi connectivity index (χ0v) is 11.9. The molecule has 0 heterocycles. The van der Waals surface area contributed by atoms with Crippen LogP contribution in [0.2, 0.25) is 5.02 Å². The number of carbonyl (C=O) groups excluding carboxylic acids is 1. The number of methoxy groups -OCH3 is 1. The molecule has 0 N–H and O–H groups in total. The van der Waals surface area contributed by atoms with Gasteiger partial charge in [-0.3, -0.25) is 4.79 Å². The maximum Gasteiger partial charge on any atom is 0.319 e. The van der Waals surface area contributed by atoms with E-state index in [1.165, 1.54) is 7.11 Å². The molecule has 0 spiro atoms. The summed E-state index contributed by atoms with van der Waals surface area (Å²) in [5, 5.41) is 0.651. The normalized spacial score (nSPS) is 12.3. The molecule has 1 atom stereocenters. The maximum absolute atomic E-state index is 11.2. The van der Waals surface area contributed by atoms with Crippen LogP contribution in [0.25, 0.3) is 0 Å². The number of hydrogen-bond acceptors (Lipinski definition) is 2. The maximum atomic E-state index is 11.2. The summed E-state index contributed by atoms with van der Waals surface area (Å²) in [6, 6.07) is 5.47. The smallest absolute Gasteiger partial charge is 0.319 e. The third-order valence-corrected chi connectivity index (χ3v) is 3.57. The van der Waals surface area contributed by atoms with Crippen molar-refractivity contribution in [3.63, 3.8) is 0 Å². The lowest BCUT2D eigenvalue weighted by atomic mass is 10.1. The highest BCUT2D eigenvalue weighted by Crippen LogP contribution is 2.24. The lowest BCUT2D eigenvalue weighted by Crippen LogP contribution is -2.18. The summed E-state index contributed by atoms with van der Waals surface area (Å²) in [4.78, 5) is 10.8. The SMILES string of the molecule is COC(=O)C(Br)Cc1cc(Cl)ccc1Br. The van der Waals surface area contributed by atoms with Crippen LogP contribution in [-0.4, -0.2) is 17.9 Å². The van der Waals surface area contributed by atoms with Gasteiger partial charge in [0.2, 0.25) is 0 Å². The summed E-state index contributed by atoms with van der Waals surface area (Å²) >= 11 is 12.5. The Hall–Kier alpha value is -0.0600. The van der Waals surface area contributed by atoms with E-state index in [1.54, 1.807) is 6.07 Å². The van der Waals surface area contributed by atoms with Crippen molar-refractivity contribution in [3.8, 4) is 0 Å². The Labute approximate surface area is 110 Å². The second-order valence-corrected chi connectivity index (χ2v) is 5.33. The summed E-state index contributed by atoms with van der Waals surface area (Å²) < 4.78 is 5.55. The lowest BCUT2D eigenvalue weighted by Gasteiger charge is -2.09. The van der Waals surface area contributed by atoms with Crippen LogP contribution in [-0.2, 0) is 16.0 Å². The monoisotopic (exact) mass is 354 g/mol. The Morgan fingerprint density at radius 3 is 2.87 bits per heavy atom. The van der Waals surface area contributed by atoms with E-state index in [0.717, 1.165) is 10.0 Å². The minimum Gasteiger partial charge on any atom is -0.468 e. The van der Waals surface area contributed by atoms with E-state index in [4.69, 9.17) is 11.6 Å². The van der Waals surface area contributed by atoms with Crippen LogP contribution < -0.4 is 0 Å². The van der Waals surface area contributed by atoms with Gasteiger partial charge in [0.15, 0.2) is 0 Å². The van der Waals surface area contributed by atoms with Crippen LogP contribution in [0, 0.1) is 0 Å². The fourth-order valence-electron chi connectivity index (χ4n) is 1.10. The fourth-order valence-corrected chi connectivity index (χ4v) is 2.24. The number of benzene rings is 1. The number of carbonyl (C=O) groups is 1. The molecule has 0 amide bonds. The molecule has 1 unspecified atom stereocenters. The van der Waals surface area contributed by atoms with E-state index in [2.05, 4.69) is 36.6 Å². The van der Waals surface area contributed by atoms with Gasteiger partial charge in [0.25, 0.3) is 0 Å². The highest BCUT2D eigenvalue weighted by Gasteiger charge is 2.17. The van der Waals surface area contributed by atoms with Crippen molar-refractivity contribution in [1.82, 2.24) is 0 Å². The molecule has 5 heteroatoms. The van der Waals surface area contributed by atoms with Gasteiger partial charge in [-0.1, -0.05) is 43.5 Å². The summed E-state index contributed by atoms with van der Waals surface area (Å²) in [5.41, 5.74) is 0.967. The molecule has 0 aliphatic heterocycles. The van der Waals surface area contributed by atoms with E-state index < -0.39 is 0 Å². The van der Waals surface area contributed by atoms with Crippen LogP contribution in [0.3, 0.4) is 0 Å². The van der Waals surface area contributed by atoms with Crippen LogP contribution >= 0.6 is 43.5 Å². The molecule has 1 aromatic carbocycles. The van der Waals surface area contributed by atoms with Crippen molar-refractivity contribution in [1.29, 1.82) is 0 Å². The highest BCUT2D eigenvalue weighted by atomic mass is 79.9. The van der Waals surface area contributed by atoms with Crippen molar-refractivity contribution in [2.75, 3.05) is 7.11 Å². The zero-order chi connectivity index (χ0) is 11.4. The first-order chi connectivity index (χ1) is 7.04. The molecule has 0 saturated carbocycles. The Bertz CT molecular complexity index is 368. The molecule has 0 radical (unpaired) electrons. The highest BCUT2D eigenvalue weighted by molar-refractivity contribution is 9.10. The van der Waals surface area contributed by atoms with Gasteiger partial charge >= 0.3 is 5.97 Å². The second-order valence-electron chi connectivity index (χ2n) is 2.93. The Morgan fingerprint density at radius 1 is 1.60 bits per heavy atom. The standard InChI is InChI=1S/C10H9Br2ClO2/c1-15-10(14)9(12)5-6-4-7(13)2-3-8(6)11/h2-4,9H,5H2,1H3. The quantitative estimate of drug-likeness (QED) is 0.611. The summed E-state index contributed by atoms with van der Waals surface area (Å²) in [7, 11) is 1.36. The Kier molecular flexibility index (Phi) is 5.09. The van der Waals surface area contributed by atoms with Gasteiger partial charge in [0.1, 0.15) is 4.83 Å². The van der Waals surface area contributed by atoms with E-state index in [-0.39, 0.29) is 10.8 Å². The second kappa shape index (κ2) is 5.87. The predicted octanol–water partition coefficient (Wildman–Crippen LogP) is 3.58. The van der Waals surface area contributed by atoms with Crippen LogP contribution in [0.1, 0.15) is 5.56 Å². The minimum absolute atomic E-state index is 0.290. The van der Waals surface area contributed by atoms with E-state index >= 15 is 0 Å². The number of alkyl halides is 1. The number of esters is 1. The van der Waals surface area contributed by atoms with Crippen LogP contribution in [0.15, 0.2) is 22.7 Å². The first-order valence-corrected chi connectivity index (χ1v) is 6.29. The molecule has 0 aliphatic rings. The molecule has 15 heavy (non-hydrogen) atoms. The van der Waals surface area contributed by atoms with Gasteiger partial charge in [-0.05, 0) is 30.2 Å². The Balaban J connectivity index is 2.80. The fraction of sp³-hybridized carbons (Fsp3) is 0.300. The zero-order valence-electron chi connectivity index (χ0n) is 7.97. The van der Waals surface area contributed by atoms with Gasteiger partial charge in [0.05, 0.1) is 7.11 Å².